The summed E-state index contributed by atoms with van der Waals surface area (Å²) in [4.78, 5) is 3.95. The van der Waals surface area contributed by atoms with Gasteiger partial charge in [0.1, 0.15) is 12.4 Å². The molecule has 0 aliphatic rings. The largest absolute Gasteiger partial charge is 0.476 e. The van der Waals surface area contributed by atoms with Crippen molar-refractivity contribution in [2.75, 3.05) is 13.0 Å². The lowest BCUT2D eigenvalue weighted by Gasteiger charge is -2.06. The Labute approximate surface area is 93.8 Å². The van der Waals surface area contributed by atoms with Gasteiger partial charge in [-0.05, 0) is 24.7 Å². The maximum atomic E-state index is 11.1. The molecule has 16 heavy (non-hydrogen) atoms. The number of sulfonamides is 1. The molecule has 0 fully saturated rings. The van der Waals surface area contributed by atoms with E-state index in [4.69, 9.17) is 9.99 Å². The second-order valence-corrected chi connectivity index (χ2v) is 4.87. The first kappa shape index (κ1) is 12.9. The minimum absolute atomic E-state index is 0.0785. The molecule has 90 valence electrons. The van der Waals surface area contributed by atoms with E-state index in [0.717, 1.165) is 5.56 Å². The van der Waals surface area contributed by atoms with E-state index in [2.05, 4.69) is 9.61 Å². The van der Waals surface area contributed by atoms with Gasteiger partial charge < -0.3 is 4.74 Å². The molecule has 0 unspecified atom stereocenters. The quantitative estimate of drug-likeness (QED) is 0.567. The molecule has 0 saturated carbocycles. The first-order valence-corrected chi connectivity index (χ1v) is 6.12. The lowest BCUT2D eigenvalue weighted by atomic mass is 10.2. The van der Waals surface area contributed by atoms with E-state index in [1.165, 1.54) is 7.05 Å². The van der Waals surface area contributed by atoms with Gasteiger partial charge in [-0.3, -0.25) is 5.26 Å². The number of hydrogen-bond donors (Lipinski definition) is 2. The molecule has 0 saturated heterocycles. The molecule has 0 spiro atoms. The lowest BCUT2D eigenvalue weighted by Crippen LogP contribution is -2.25. The minimum Gasteiger partial charge on any atom is -0.476 e. The Morgan fingerprint density at radius 3 is 2.44 bits per heavy atom. The van der Waals surface area contributed by atoms with E-state index in [1.807, 2.05) is 0 Å². The third-order valence-corrected chi connectivity index (χ3v) is 2.90. The van der Waals surface area contributed by atoms with Gasteiger partial charge in [-0.1, -0.05) is 12.1 Å². The summed E-state index contributed by atoms with van der Waals surface area (Å²) in [6, 6.07) is 6.52. The summed E-state index contributed by atoms with van der Waals surface area (Å²) in [7, 11) is -2.06. The van der Waals surface area contributed by atoms with Gasteiger partial charge in [0.2, 0.25) is 16.0 Å². The Bertz CT molecular complexity index is 414. The van der Waals surface area contributed by atoms with Crippen molar-refractivity contribution in [1.82, 2.24) is 4.72 Å². The van der Waals surface area contributed by atoms with Gasteiger partial charge in [0.05, 0.1) is 0 Å². The Balaban J connectivity index is 2.56. The van der Waals surface area contributed by atoms with Crippen LogP contribution in [0.5, 0.6) is 5.75 Å². The van der Waals surface area contributed by atoms with Crippen molar-refractivity contribution < 1.29 is 23.3 Å². The Morgan fingerprint density at radius 2 is 1.94 bits per heavy atom. The predicted molar refractivity (Wildman–Crippen MR) is 57.3 cm³/mol. The molecule has 6 nitrogen and oxygen atoms in total. The van der Waals surface area contributed by atoms with Crippen molar-refractivity contribution in [3.05, 3.63) is 29.8 Å². The summed E-state index contributed by atoms with van der Waals surface area (Å²) in [6.07, 6.45) is 0. The molecule has 0 radical (unpaired) electrons. The molecule has 0 bridgehead atoms. The van der Waals surface area contributed by atoms with E-state index < -0.39 is 16.0 Å². The van der Waals surface area contributed by atoms with Crippen LogP contribution in [0.4, 0.5) is 0 Å². The Kier molecular flexibility index (Phi) is 4.69. The van der Waals surface area contributed by atoms with Crippen LogP contribution < -0.4 is 9.46 Å². The smallest absolute Gasteiger partial charge is 0.246 e. The molecule has 2 N–H and O–H groups in total. The fraction of sp³-hybridized carbons (Fsp3) is 0.333. The number of ether oxygens (including phenoxy) is 1. The van der Waals surface area contributed by atoms with Gasteiger partial charge in [-0.15, -0.1) is 0 Å². The maximum Gasteiger partial charge on any atom is 0.246 e. The van der Waals surface area contributed by atoms with E-state index in [-0.39, 0.29) is 6.61 Å². The zero-order valence-corrected chi connectivity index (χ0v) is 9.53. The molecular formula is C9H13NO5S. The molecule has 0 amide bonds. The Hall–Kier alpha value is -1.15. The molecule has 0 aliphatic heterocycles. The highest BCUT2D eigenvalue weighted by molar-refractivity contribution is 7.89. The van der Waals surface area contributed by atoms with Gasteiger partial charge in [-0.2, -0.15) is 0 Å². The highest BCUT2D eigenvalue weighted by Crippen LogP contribution is 2.12. The van der Waals surface area contributed by atoms with Crippen LogP contribution in [-0.4, -0.2) is 26.7 Å². The third-order valence-electron chi connectivity index (χ3n) is 1.85. The third kappa shape index (κ3) is 4.15. The summed E-state index contributed by atoms with van der Waals surface area (Å²) >= 11 is 0. The fourth-order valence-corrected chi connectivity index (χ4v) is 1.37. The van der Waals surface area contributed by atoms with Crippen molar-refractivity contribution in [2.45, 2.75) is 6.61 Å². The van der Waals surface area contributed by atoms with Crippen molar-refractivity contribution >= 4 is 10.0 Å². The standard InChI is InChI=1S/C9H13NO5S/c1-10-16(12,13)7-14-9-4-2-8(3-5-9)6-15-11/h2-5,10-11H,6-7H2,1H3. The normalized spacial score (nSPS) is 11.4. The van der Waals surface area contributed by atoms with Crippen LogP contribution in [0.2, 0.25) is 0 Å². The number of benzene rings is 1. The zero-order valence-electron chi connectivity index (χ0n) is 8.71. The lowest BCUT2D eigenvalue weighted by molar-refractivity contribution is -0.253. The first-order valence-electron chi connectivity index (χ1n) is 4.47. The number of hydrogen-bond acceptors (Lipinski definition) is 5. The van der Waals surface area contributed by atoms with Crippen LogP contribution in [0.3, 0.4) is 0 Å². The maximum absolute atomic E-state index is 11.1. The molecule has 1 aromatic carbocycles. The summed E-state index contributed by atoms with van der Waals surface area (Å²) < 4.78 is 29.3. The average Bonchev–Trinajstić information content (AvgIpc) is 2.29. The molecule has 0 heterocycles. The highest BCUT2D eigenvalue weighted by atomic mass is 32.2. The second-order valence-electron chi connectivity index (χ2n) is 3.00. The van der Waals surface area contributed by atoms with Crippen LogP contribution in [0, 0.1) is 0 Å². The van der Waals surface area contributed by atoms with E-state index in [9.17, 15) is 8.42 Å². The monoisotopic (exact) mass is 247 g/mol. The molecule has 1 rings (SSSR count). The van der Waals surface area contributed by atoms with Crippen LogP contribution in [-0.2, 0) is 21.5 Å². The SMILES string of the molecule is CNS(=O)(=O)COc1ccc(COO)cc1. The number of nitrogens with one attached hydrogen (secondary N) is 1. The molecule has 7 heteroatoms. The van der Waals surface area contributed by atoms with Crippen molar-refractivity contribution in [2.24, 2.45) is 0 Å². The number of rotatable bonds is 6. The molecule has 0 aromatic heterocycles. The van der Waals surface area contributed by atoms with Gasteiger partial charge in [-0.25, -0.2) is 18.0 Å². The topological polar surface area (TPSA) is 84.9 Å². The zero-order chi connectivity index (χ0) is 12.0. The van der Waals surface area contributed by atoms with Gasteiger partial charge in [0.15, 0.2) is 0 Å². The van der Waals surface area contributed by atoms with Crippen molar-refractivity contribution in [3.8, 4) is 5.75 Å². The van der Waals surface area contributed by atoms with Gasteiger partial charge >= 0.3 is 0 Å². The van der Waals surface area contributed by atoms with E-state index >= 15 is 0 Å². The van der Waals surface area contributed by atoms with E-state index in [0.29, 0.717) is 5.75 Å². The second kappa shape index (κ2) is 5.80. The summed E-state index contributed by atoms with van der Waals surface area (Å²) in [6.45, 7) is 0.0785. The molecular weight excluding hydrogens is 234 g/mol. The summed E-state index contributed by atoms with van der Waals surface area (Å²) in [5.41, 5.74) is 0.756. The van der Waals surface area contributed by atoms with Crippen LogP contribution >= 0.6 is 0 Å². The minimum atomic E-state index is -3.37. The molecule has 0 aliphatic carbocycles. The van der Waals surface area contributed by atoms with Crippen molar-refractivity contribution in [3.63, 3.8) is 0 Å². The van der Waals surface area contributed by atoms with Crippen LogP contribution in [0.1, 0.15) is 5.56 Å². The Morgan fingerprint density at radius 1 is 1.31 bits per heavy atom. The predicted octanol–water partition coefficient (Wildman–Crippen LogP) is 0.562. The molecule has 1 aromatic rings. The van der Waals surface area contributed by atoms with Crippen LogP contribution in [0.25, 0.3) is 0 Å². The highest BCUT2D eigenvalue weighted by Gasteiger charge is 2.07. The fourth-order valence-electron chi connectivity index (χ4n) is 0.961. The molecule has 0 atom stereocenters. The van der Waals surface area contributed by atoms with Crippen LogP contribution in [0.15, 0.2) is 24.3 Å². The average molecular weight is 247 g/mol. The van der Waals surface area contributed by atoms with Gasteiger partial charge in [0, 0.05) is 0 Å². The summed E-state index contributed by atoms with van der Waals surface area (Å²) in [5, 5.41) is 8.21. The summed E-state index contributed by atoms with van der Waals surface area (Å²) in [5.74, 6) is -0.000171. The van der Waals surface area contributed by atoms with Crippen molar-refractivity contribution in [1.29, 1.82) is 0 Å². The first-order chi connectivity index (χ1) is 7.57. The van der Waals surface area contributed by atoms with Gasteiger partial charge in [0.25, 0.3) is 0 Å². The van der Waals surface area contributed by atoms with E-state index in [1.54, 1.807) is 24.3 Å².